The second-order valence-corrected chi connectivity index (χ2v) is 3.06. The first kappa shape index (κ1) is 9.52. The highest BCUT2D eigenvalue weighted by Gasteiger charge is 2.26. The van der Waals surface area contributed by atoms with Crippen LogP contribution in [-0.2, 0) is 0 Å². The summed E-state index contributed by atoms with van der Waals surface area (Å²) in [5.74, 6) is 1.39. The average molecular weight is 171 g/mol. The number of likely N-dealkylation sites (N-methyl/N-ethyl adjacent to an activating group) is 1. The number of β-amino-alcohol motifs (C(OH)–C–C–N with tert-alkyl or cyclic N) is 1. The third-order valence-corrected chi connectivity index (χ3v) is 2.44. The Hall–Kier alpha value is -0.570. The lowest BCUT2D eigenvalue weighted by molar-refractivity contribution is -0.521. The standard InChI is InChI=1S/C9H19N2O/c1-3-9-10(4-2)5-6-11(9)7-8-12/h12H,3-8H2,1-2H3/q+1. The van der Waals surface area contributed by atoms with E-state index in [0.29, 0.717) is 0 Å². The minimum Gasteiger partial charge on any atom is -0.392 e. The summed E-state index contributed by atoms with van der Waals surface area (Å²) in [6, 6.07) is 0. The minimum atomic E-state index is 0.265. The Morgan fingerprint density at radius 2 is 2.25 bits per heavy atom. The van der Waals surface area contributed by atoms with Crippen LogP contribution >= 0.6 is 0 Å². The topological polar surface area (TPSA) is 26.5 Å². The molecule has 0 bridgehead atoms. The van der Waals surface area contributed by atoms with Crippen molar-refractivity contribution < 1.29 is 9.68 Å². The van der Waals surface area contributed by atoms with E-state index in [0.717, 1.165) is 32.6 Å². The molecule has 0 unspecified atom stereocenters. The first-order valence-corrected chi connectivity index (χ1v) is 4.80. The maximum absolute atomic E-state index is 8.83. The Balaban J connectivity index is 2.65. The second kappa shape index (κ2) is 4.45. The smallest absolute Gasteiger partial charge is 0.246 e. The van der Waals surface area contributed by atoms with E-state index in [-0.39, 0.29) is 6.61 Å². The fraction of sp³-hybridized carbons (Fsp3) is 0.889. The molecule has 0 saturated heterocycles. The largest absolute Gasteiger partial charge is 0.392 e. The van der Waals surface area contributed by atoms with Gasteiger partial charge in [-0.2, -0.15) is 0 Å². The van der Waals surface area contributed by atoms with Crippen molar-refractivity contribution in [3.05, 3.63) is 0 Å². The lowest BCUT2D eigenvalue weighted by Crippen LogP contribution is -2.29. The predicted molar refractivity (Wildman–Crippen MR) is 49.6 cm³/mol. The zero-order chi connectivity index (χ0) is 8.97. The third-order valence-electron chi connectivity index (χ3n) is 2.44. The van der Waals surface area contributed by atoms with E-state index in [9.17, 15) is 0 Å². The molecule has 0 aromatic carbocycles. The summed E-state index contributed by atoms with van der Waals surface area (Å²) in [5.41, 5.74) is 0. The highest BCUT2D eigenvalue weighted by Crippen LogP contribution is 2.03. The van der Waals surface area contributed by atoms with Gasteiger partial charge in [0.2, 0.25) is 5.84 Å². The number of aliphatic hydroxyl groups is 1. The van der Waals surface area contributed by atoms with Crippen LogP contribution in [0.1, 0.15) is 20.3 Å². The number of hydrogen-bond donors (Lipinski definition) is 1. The fourth-order valence-corrected chi connectivity index (χ4v) is 1.85. The van der Waals surface area contributed by atoms with Crippen molar-refractivity contribution >= 4 is 5.84 Å². The highest BCUT2D eigenvalue weighted by atomic mass is 16.3. The van der Waals surface area contributed by atoms with Crippen LogP contribution in [0.25, 0.3) is 0 Å². The van der Waals surface area contributed by atoms with Crippen molar-refractivity contribution in [2.75, 3.05) is 32.8 Å². The van der Waals surface area contributed by atoms with Crippen LogP contribution < -0.4 is 0 Å². The van der Waals surface area contributed by atoms with Gasteiger partial charge in [0.15, 0.2) is 0 Å². The first-order valence-electron chi connectivity index (χ1n) is 4.80. The van der Waals surface area contributed by atoms with E-state index in [2.05, 4.69) is 23.3 Å². The van der Waals surface area contributed by atoms with Crippen molar-refractivity contribution in [3.8, 4) is 0 Å². The van der Waals surface area contributed by atoms with Gasteiger partial charge in [0, 0.05) is 6.42 Å². The molecule has 3 heteroatoms. The molecular weight excluding hydrogens is 152 g/mol. The lowest BCUT2D eigenvalue weighted by atomic mass is 10.4. The summed E-state index contributed by atoms with van der Waals surface area (Å²) < 4.78 is 2.28. The zero-order valence-electron chi connectivity index (χ0n) is 8.08. The molecule has 1 aliphatic heterocycles. The van der Waals surface area contributed by atoms with Crippen LogP contribution in [0.2, 0.25) is 0 Å². The van der Waals surface area contributed by atoms with Gasteiger partial charge in [-0.1, -0.05) is 6.92 Å². The van der Waals surface area contributed by atoms with Gasteiger partial charge in [-0.25, -0.2) is 0 Å². The summed E-state index contributed by atoms with van der Waals surface area (Å²) in [6.07, 6.45) is 1.08. The highest BCUT2D eigenvalue weighted by molar-refractivity contribution is 5.78. The number of amidine groups is 1. The molecule has 0 spiro atoms. The van der Waals surface area contributed by atoms with Gasteiger partial charge in [0.25, 0.3) is 0 Å². The summed E-state index contributed by atoms with van der Waals surface area (Å²) >= 11 is 0. The first-order chi connectivity index (χ1) is 5.83. The molecule has 0 saturated carbocycles. The van der Waals surface area contributed by atoms with Crippen molar-refractivity contribution in [2.45, 2.75) is 20.3 Å². The maximum atomic E-state index is 8.83. The van der Waals surface area contributed by atoms with E-state index in [4.69, 9.17) is 5.11 Å². The van der Waals surface area contributed by atoms with Crippen LogP contribution in [0, 0.1) is 0 Å². The van der Waals surface area contributed by atoms with E-state index in [1.165, 1.54) is 5.84 Å². The van der Waals surface area contributed by atoms with Gasteiger partial charge < -0.3 is 5.11 Å². The number of aliphatic hydroxyl groups excluding tert-OH is 1. The second-order valence-electron chi connectivity index (χ2n) is 3.06. The molecule has 1 N–H and O–H groups in total. The monoisotopic (exact) mass is 171 g/mol. The molecule has 1 heterocycles. The van der Waals surface area contributed by atoms with E-state index in [1.807, 2.05) is 0 Å². The van der Waals surface area contributed by atoms with E-state index in [1.54, 1.807) is 0 Å². The Labute approximate surface area is 74.3 Å². The van der Waals surface area contributed by atoms with E-state index < -0.39 is 0 Å². The van der Waals surface area contributed by atoms with Crippen LogP contribution in [0.3, 0.4) is 0 Å². The molecule has 3 nitrogen and oxygen atoms in total. The molecule has 0 amide bonds. The van der Waals surface area contributed by atoms with Gasteiger partial charge in [-0.15, -0.1) is 0 Å². The summed E-state index contributed by atoms with van der Waals surface area (Å²) in [4.78, 5) is 2.38. The minimum absolute atomic E-state index is 0.265. The molecule has 0 aromatic rings. The third kappa shape index (κ3) is 1.78. The van der Waals surface area contributed by atoms with Crippen molar-refractivity contribution in [1.29, 1.82) is 0 Å². The van der Waals surface area contributed by atoms with Gasteiger partial charge in [-0.3, -0.25) is 9.48 Å². The van der Waals surface area contributed by atoms with Crippen LogP contribution in [0.4, 0.5) is 0 Å². The molecule has 12 heavy (non-hydrogen) atoms. The van der Waals surface area contributed by atoms with Crippen LogP contribution in [-0.4, -0.2) is 53.2 Å². The normalized spacial score (nSPS) is 17.8. The van der Waals surface area contributed by atoms with Crippen molar-refractivity contribution in [1.82, 2.24) is 4.90 Å². The molecule has 70 valence electrons. The Morgan fingerprint density at radius 3 is 2.75 bits per heavy atom. The van der Waals surface area contributed by atoms with Crippen molar-refractivity contribution in [3.63, 3.8) is 0 Å². The van der Waals surface area contributed by atoms with Crippen LogP contribution in [0.5, 0.6) is 0 Å². The van der Waals surface area contributed by atoms with Gasteiger partial charge in [0.1, 0.15) is 19.6 Å². The summed E-state index contributed by atoms with van der Waals surface area (Å²) in [7, 11) is 0. The molecule has 0 fully saturated rings. The molecule has 1 rings (SSSR count). The predicted octanol–water partition coefficient (Wildman–Crippen LogP) is 0.135. The van der Waals surface area contributed by atoms with Gasteiger partial charge in [0.05, 0.1) is 13.2 Å². The summed E-state index contributed by atoms with van der Waals surface area (Å²) in [5, 5.41) is 8.83. The molecule has 0 atom stereocenters. The fourth-order valence-electron chi connectivity index (χ4n) is 1.85. The molecule has 1 aliphatic rings. The lowest BCUT2D eigenvalue weighted by Gasteiger charge is -2.08. The summed E-state index contributed by atoms with van der Waals surface area (Å²) in [6.45, 7) is 8.70. The van der Waals surface area contributed by atoms with Crippen LogP contribution in [0.15, 0.2) is 0 Å². The van der Waals surface area contributed by atoms with Gasteiger partial charge >= 0.3 is 0 Å². The number of rotatable bonds is 4. The Bertz CT molecular complexity index is 177. The molecular formula is C9H19N2O+. The number of hydrogen-bond acceptors (Lipinski definition) is 2. The maximum Gasteiger partial charge on any atom is 0.246 e. The number of nitrogens with zero attached hydrogens (tertiary/aromatic N) is 2. The SMILES string of the molecule is CCC1=[N+](CCO)CCN1CC. The zero-order valence-corrected chi connectivity index (χ0v) is 8.08. The van der Waals surface area contributed by atoms with E-state index >= 15 is 0 Å². The average Bonchev–Trinajstić information content (AvgIpc) is 2.47. The van der Waals surface area contributed by atoms with Crippen molar-refractivity contribution in [2.24, 2.45) is 0 Å². The molecule has 0 radical (unpaired) electrons. The quantitative estimate of drug-likeness (QED) is 0.609. The molecule has 0 aliphatic carbocycles. The Kier molecular flexibility index (Phi) is 3.53. The molecule has 0 aromatic heterocycles. The van der Waals surface area contributed by atoms with Gasteiger partial charge in [-0.05, 0) is 6.92 Å². The Morgan fingerprint density at radius 1 is 1.50 bits per heavy atom.